The molecule has 0 radical (unpaired) electrons. The van der Waals surface area contributed by atoms with Gasteiger partial charge < -0.3 is 4.42 Å². The molecule has 8 rings (SSSR count). The smallest absolute Gasteiger partial charge is 0.135 e. The maximum absolute atomic E-state index is 10.7. The van der Waals surface area contributed by atoms with Gasteiger partial charge in [-0.25, -0.2) is 0 Å². The second-order valence-electron chi connectivity index (χ2n) is 10.3. The van der Waals surface area contributed by atoms with E-state index >= 15 is 0 Å². The van der Waals surface area contributed by atoms with Crippen LogP contribution in [0.4, 0.5) is 0 Å². The Morgan fingerprint density at radius 3 is 1.98 bits per heavy atom. The van der Waals surface area contributed by atoms with E-state index in [4.69, 9.17) is 4.42 Å². The van der Waals surface area contributed by atoms with Crippen LogP contribution in [0.25, 0.3) is 75.5 Å². The molecule has 4 heteroatoms. The fourth-order valence-electron chi connectivity index (χ4n) is 6.00. The number of rotatable bonds is 3. The molecule has 0 atom stereocenters. The second-order valence-corrected chi connectivity index (χ2v) is 11.4. The summed E-state index contributed by atoms with van der Waals surface area (Å²) in [6, 6.07) is 45.6. The number of hydrogen-bond acceptors (Lipinski definition) is 4. The molecular formula is C38H20N2OS. The molecule has 2 heterocycles. The van der Waals surface area contributed by atoms with Crippen molar-refractivity contribution in [3.8, 4) is 45.5 Å². The van der Waals surface area contributed by atoms with Gasteiger partial charge in [0, 0.05) is 42.1 Å². The van der Waals surface area contributed by atoms with Crippen LogP contribution in [0.15, 0.2) is 126 Å². The molecule has 8 aromatic rings. The average Bonchev–Trinajstić information content (AvgIpc) is 3.61. The Labute approximate surface area is 245 Å². The Morgan fingerprint density at radius 2 is 1.14 bits per heavy atom. The average molecular weight is 553 g/mol. The van der Waals surface area contributed by atoms with Crippen molar-refractivity contribution in [1.29, 1.82) is 10.5 Å². The number of fused-ring (bicyclic) bond motifs is 6. The normalized spacial score (nSPS) is 11.3. The lowest BCUT2D eigenvalue weighted by atomic mass is 9.85. The summed E-state index contributed by atoms with van der Waals surface area (Å²) in [5, 5.41) is 24.6. The van der Waals surface area contributed by atoms with E-state index in [1.54, 1.807) is 11.3 Å². The molecule has 0 unspecified atom stereocenters. The largest absolute Gasteiger partial charge is 0.456 e. The predicted molar refractivity (Wildman–Crippen MR) is 172 cm³/mol. The van der Waals surface area contributed by atoms with E-state index in [1.165, 1.54) is 20.2 Å². The van der Waals surface area contributed by atoms with E-state index in [9.17, 15) is 10.5 Å². The van der Waals surface area contributed by atoms with Crippen LogP contribution in [0.1, 0.15) is 11.1 Å². The summed E-state index contributed by atoms with van der Waals surface area (Å²) in [6.45, 7) is 0. The van der Waals surface area contributed by atoms with E-state index in [-0.39, 0.29) is 0 Å². The van der Waals surface area contributed by atoms with E-state index in [0.29, 0.717) is 11.1 Å². The lowest BCUT2D eigenvalue weighted by Gasteiger charge is -2.16. The minimum Gasteiger partial charge on any atom is -0.456 e. The van der Waals surface area contributed by atoms with Gasteiger partial charge in [-0.15, -0.1) is 11.3 Å². The van der Waals surface area contributed by atoms with Crippen molar-refractivity contribution in [2.75, 3.05) is 0 Å². The Hall–Kier alpha value is -5.68. The molecule has 0 aliphatic carbocycles. The summed E-state index contributed by atoms with van der Waals surface area (Å²) in [4.78, 5) is 0. The van der Waals surface area contributed by atoms with Crippen molar-refractivity contribution in [3.63, 3.8) is 0 Å². The van der Waals surface area contributed by atoms with Gasteiger partial charge in [0.05, 0.1) is 17.2 Å². The molecule has 194 valence electrons. The minimum absolute atomic E-state index is 0.580. The fraction of sp³-hybridized carbons (Fsp3) is 0. The highest BCUT2D eigenvalue weighted by molar-refractivity contribution is 7.25. The molecule has 0 aliphatic rings. The van der Waals surface area contributed by atoms with Crippen LogP contribution in [0.2, 0.25) is 0 Å². The van der Waals surface area contributed by atoms with Crippen molar-refractivity contribution in [2.45, 2.75) is 0 Å². The Balaban J connectivity index is 1.39. The lowest BCUT2D eigenvalue weighted by molar-refractivity contribution is 0.669. The highest BCUT2D eigenvalue weighted by Crippen LogP contribution is 2.43. The monoisotopic (exact) mass is 552 g/mol. The van der Waals surface area contributed by atoms with Crippen molar-refractivity contribution in [1.82, 2.24) is 0 Å². The van der Waals surface area contributed by atoms with Crippen LogP contribution in [0, 0.1) is 22.7 Å². The van der Waals surface area contributed by atoms with Gasteiger partial charge in [0.2, 0.25) is 0 Å². The van der Waals surface area contributed by atoms with Crippen molar-refractivity contribution < 1.29 is 4.42 Å². The molecule has 0 fully saturated rings. The number of nitrogens with zero attached hydrogens (tertiary/aromatic N) is 2. The third-order valence-electron chi connectivity index (χ3n) is 8.00. The van der Waals surface area contributed by atoms with Crippen LogP contribution in [-0.2, 0) is 0 Å². The van der Waals surface area contributed by atoms with Crippen LogP contribution in [0.5, 0.6) is 0 Å². The SMILES string of the molecule is N#Cc1ccc(-c2c(-c3ccc4oc5ccccc5c4c3)ccc(-c3ccc4sc5ccccc5c4c3)c2C#N)cc1. The minimum atomic E-state index is 0.580. The molecule has 6 aromatic carbocycles. The fourth-order valence-corrected chi connectivity index (χ4v) is 7.08. The quantitative estimate of drug-likeness (QED) is 0.219. The zero-order valence-corrected chi connectivity index (χ0v) is 23.1. The number of benzene rings is 6. The summed E-state index contributed by atoms with van der Waals surface area (Å²) in [6.07, 6.45) is 0. The molecule has 0 aliphatic heterocycles. The van der Waals surface area contributed by atoms with Gasteiger partial charge in [0.1, 0.15) is 17.2 Å². The third-order valence-corrected chi connectivity index (χ3v) is 9.15. The lowest BCUT2D eigenvalue weighted by Crippen LogP contribution is -1.94. The van der Waals surface area contributed by atoms with Crippen LogP contribution < -0.4 is 0 Å². The van der Waals surface area contributed by atoms with Crippen molar-refractivity contribution in [2.24, 2.45) is 0 Å². The molecule has 0 saturated carbocycles. The first kappa shape index (κ1) is 24.1. The van der Waals surface area contributed by atoms with Gasteiger partial charge in [-0.1, -0.05) is 72.8 Å². The molecule has 0 spiro atoms. The Kier molecular flexibility index (Phi) is 5.44. The second kappa shape index (κ2) is 9.46. The molecule has 0 saturated heterocycles. The highest BCUT2D eigenvalue weighted by Gasteiger charge is 2.19. The molecule has 3 nitrogen and oxygen atoms in total. The zero-order valence-electron chi connectivity index (χ0n) is 22.3. The van der Waals surface area contributed by atoms with Gasteiger partial charge in [-0.3, -0.25) is 0 Å². The summed E-state index contributed by atoms with van der Waals surface area (Å²) < 4.78 is 8.56. The molecular weight excluding hydrogens is 532 g/mol. The number of nitriles is 2. The molecule has 0 N–H and O–H groups in total. The first-order valence-corrected chi connectivity index (χ1v) is 14.4. The number of para-hydroxylation sites is 1. The maximum Gasteiger partial charge on any atom is 0.135 e. The molecule has 42 heavy (non-hydrogen) atoms. The van der Waals surface area contributed by atoms with Crippen LogP contribution in [-0.4, -0.2) is 0 Å². The van der Waals surface area contributed by atoms with Crippen molar-refractivity contribution in [3.05, 3.63) is 132 Å². The topological polar surface area (TPSA) is 60.7 Å². The molecule has 0 amide bonds. The van der Waals surface area contributed by atoms with Gasteiger partial charge in [-0.2, -0.15) is 10.5 Å². The predicted octanol–water partition coefficient (Wildman–Crippen LogP) is 10.7. The summed E-state index contributed by atoms with van der Waals surface area (Å²) in [5.41, 5.74) is 8.43. The standard InChI is InChI=1S/C38H20N2OS/c39-21-23-9-11-24(12-10-23)38-28(26-13-17-35-31(19-26)29-5-1-3-7-34(29)41-35)16-15-27(33(38)22-40)25-14-18-37-32(20-25)30-6-2-4-8-36(30)42-37/h1-20H. The number of furan rings is 1. The zero-order chi connectivity index (χ0) is 28.2. The molecule has 0 bridgehead atoms. The molecule has 2 aromatic heterocycles. The van der Waals surface area contributed by atoms with Crippen molar-refractivity contribution >= 4 is 53.4 Å². The van der Waals surface area contributed by atoms with Gasteiger partial charge in [0.25, 0.3) is 0 Å². The first-order chi connectivity index (χ1) is 20.7. The van der Waals surface area contributed by atoms with E-state index in [2.05, 4.69) is 84.9 Å². The van der Waals surface area contributed by atoms with Gasteiger partial charge in [0.15, 0.2) is 0 Å². The third kappa shape index (κ3) is 3.71. The first-order valence-electron chi connectivity index (χ1n) is 13.6. The van der Waals surface area contributed by atoms with E-state index < -0.39 is 0 Å². The summed E-state index contributed by atoms with van der Waals surface area (Å²) in [5.74, 6) is 0. The van der Waals surface area contributed by atoms with Crippen LogP contribution >= 0.6 is 11.3 Å². The maximum atomic E-state index is 10.7. The van der Waals surface area contributed by atoms with E-state index in [0.717, 1.165) is 55.3 Å². The summed E-state index contributed by atoms with van der Waals surface area (Å²) in [7, 11) is 0. The van der Waals surface area contributed by atoms with Gasteiger partial charge >= 0.3 is 0 Å². The van der Waals surface area contributed by atoms with Gasteiger partial charge in [-0.05, 0) is 70.8 Å². The number of thiophene rings is 1. The van der Waals surface area contributed by atoms with Crippen LogP contribution in [0.3, 0.4) is 0 Å². The Morgan fingerprint density at radius 1 is 0.500 bits per heavy atom. The Bertz CT molecular complexity index is 2430. The van der Waals surface area contributed by atoms with E-state index in [1.807, 2.05) is 48.5 Å². The summed E-state index contributed by atoms with van der Waals surface area (Å²) >= 11 is 1.78. The number of hydrogen-bond donors (Lipinski definition) is 0. The highest BCUT2D eigenvalue weighted by atomic mass is 32.1.